The fraction of sp³-hybridized carbons (Fsp3) is 0.167. The number of aromatic nitrogens is 4. The molecular formula is C12H11N4NaO2. The molecule has 0 aliphatic carbocycles. The number of benzene rings is 1. The summed E-state index contributed by atoms with van der Waals surface area (Å²) < 4.78 is 5.43. The van der Waals surface area contributed by atoms with Gasteiger partial charge in [-0.15, -0.1) is 10.2 Å². The van der Waals surface area contributed by atoms with Crippen molar-refractivity contribution < 1.29 is 35.4 Å². The Morgan fingerprint density at radius 2 is 2.26 bits per heavy atom. The molecule has 0 aliphatic heterocycles. The summed E-state index contributed by atoms with van der Waals surface area (Å²) in [6, 6.07) is 5.58. The van der Waals surface area contributed by atoms with Crippen molar-refractivity contribution in [3.63, 3.8) is 0 Å². The molecule has 0 bridgehead atoms. The summed E-state index contributed by atoms with van der Waals surface area (Å²) in [5, 5.41) is 13.9. The van der Waals surface area contributed by atoms with Gasteiger partial charge in [0.15, 0.2) is 0 Å². The van der Waals surface area contributed by atoms with Gasteiger partial charge < -0.3 is 5.84 Å². The minimum atomic E-state index is -0.145. The number of rotatable bonds is 2. The largest absolute Gasteiger partial charge is 1.00 e. The van der Waals surface area contributed by atoms with E-state index in [2.05, 4.69) is 20.6 Å². The number of fused-ring (bicyclic) bond motifs is 1. The van der Waals surface area contributed by atoms with E-state index in [1.54, 1.807) is 6.07 Å². The van der Waals surface area contributed by atoms with Gasteiger partial charge in [-0.25, -0.2) is 0 Å². The van der Waals surface area contributed by atoms with E-state index in [0.29, 0.717) is 16.5 Å². The molecule has 0 amide bonds. The van der Waals surface area contributed by atoms with Crippen molar-refractivity contribution in [3.8, 4) is 11.4 Å². The van der Waals surface area contributed by atoms with Crippen LogP contribution in [0.15, 0.2) is 33.7 Å². The number of nitrogens with one attached hydrogen (secondary N) is 1. The zero-order valence-corrected chi connectivity index (χ0v) is 12.7. The van der Waals surface area contributed by atoms with Gasteiger partial charge in [0.25, 0.3) is 0 Å². The van der Waals surface area contributed by atoms with Gasteiger partial charge in [-0.3, -0.25) is 4.79 Å². The van der Waals surface area contributed by atoms with Gasteiger partial charge in [0.2, 0.25) is 11.3 Å². The molecule has 0 aliphatic rings. The van der Waals surface area contributed by atoms with Crippen LogP contribution in [0.5, 0.6) is 0 Å². The van der Waals surface area contributed by atoms with Crippen LogP contribution in [-0.4, -0.2) is 20.6 Å². The molecule has 19 heavy (non-hydrogen) atoms. The van der Waals surface area contributed by atoms with Crippen LogP contribution in [0.2, 0.25) is 0 Å². The summed E-state index contributed by atoms with van der Waals surface area (Å²) in [7, 11) is 0. The first-order valence-corrected chi connectivity index (χ1v) is 5.58. The van der Waals surface area contributed by atoms with Gasteiger partial charge in [-0.2, -0.15) is 5.21 Å². The van der Waals surface area contributed by atoms with Crippen LogP contribution in [0.4, 0.5) is 0 Å². The number of nitrogens with zero attached hydrogens (tertiary/aromatic N) is 3. The average molecular weight is 266 g/mol. The summed E-state index contributed by atoms with van der Waals surface area (Å²) in [4.78, 5) is 12.3. The van der Waals surface area contributed by atoms with Crippen molar-refractivity contribution in [2.45, 2.75) is 13.3 Å². The molecule has 0 radical (unpaired) electrons. The molecule has 0 fully saturated rings. The summed E-state index contributed by atoms with van der Waals surface area (Å²) >= 11 is 0. The maximum absolute atomic E-state index is 12.3. The molecule has 1 aromatic carbocycles. The Hall–Kier alpha value is -1.50. The fourth-order valence-electron chi connectivity index (χ4n) is 1.83. The van der Waals surface area contributed by atoms with E-state index < -0.39 is 0 Å². The molecule has 0 saturated heterocycles. The SMILES string of the molecule is CCc1ccc2occ(-c3nn[nH]n3)c(=O)c2c1.[H-].[Na+]. The first-order chi connectivity index (χ1) is 8.79. The van der Waals surface area contributed by atoms with Crippen LogP contribution in [0.25, 0.3) is 22.4 Å². The Morgan fingerprint density at radius 3 is 2.95 bits per heavy atom. The van der Waals surface area contributed by atoms with Crippen LogP contribution in [-0.2, 0) is 6.42 Å². The van der Waals surface area contributed by atoms with Crippen molar-refractivity contribution in [3.05, 3.63) is 40.2 Å². The third kappa shape index (κ3) is 2.47. The van der Waals surface area contributed by atoms with Gasteiger partial charge in [-0.05, 0) is 29.3 Å². The standard InChI is InChI=1S/C12H10N4O2.Na.H/c1-2-7-3-4-10-8(5-7)11(17)9(6-18-10)12-13-15-16-14-12;;/h3-6H,2H2,1H3,(H,13,14,15,16);;/q;+1;-1. The summed E-state index contributed by atoms with van der Waals surface area (Å²) in [6.07, 6.45) is 2.23. The van der Waals surface area contributed by atoms with Crippen molar-refractivity contribution in [2.24, 2.45) is 0 Å². The topological polar surface area (TPSA) is 84.7 Å². The van der Waals surface area contributed by atoms with Crippen LogP contribution < -0.4 is 35.0 Å². The minimum absolute atomic E-state index is 0. The predicted molar refractivity (Wildman–Crippen MR) is 66.1 cm³/mol. The smallest absolute Gasteiger partial charge is 1.00 e. The number of aromatic amines is 1. The number of aryl methyl sites for hydroxylation is 1. The molecule has 7 heteroatoms. The van der Waals surface area contributed by atoms with Crippen LogP contribution in [0.3, 0.4) is 0 Å². The fourth-order valence-corrected chi connectivity index (χ4v) is 1.83. The van der Waals surface area contributed by atoms with Gasteiger partial charge in [-0.1, -0.05) is 13.0 Å². The maximum atomic E-state index is 12.3. The van der Waals surface area contributed by atoms with Crippen LogP contribution >= 0.6 is 0 Å². The zero-order chi connectivity index (χ0) is 12.5. The number of H-pyrrole nitrogens is 1. The first kappa shape index (κ1) is 13.9. The van der Waals surface area contributed by atoms with Gasteiger partial charge in [0.1, 0.15) is 17.4 Å². The number of tetrazole rings is 1. The Balaban J connectivity index is 0.000001000. The number of hydrogen-bond acceptors (Lipinski definition) is 5. The summed E-state index contributed by atoms with van der Waals surface area (Å²) in [5.41, 5.74) is 1.81. The third-order valence-corrected chi connectivity index (χ3v) is 2.83. The van der Waals surface area contributed by atoms with Crippen molar-refractivity contribution >= 4 is 11.0 Å². The van der Waals surface area contributed by atoms with Crippen molar-refractivity contribution in [1.29, 1.82) is 0 Å². The Morgan fingerprint density at radius 1 is 1.42 bits per heavy atom. The van der Waals surface area contributed by atoms with E-state index in [4.69, 9.17) is 4.42 Å². The molecule has 0 unspecified atom stereocenters. The molecule has 0 saturated carbocycles. The predicted octanol–water partition coefficient (Wildman–Crippen LogP) is -1.35. The number of hydrogen-bond donors (Lipinski definition) is 1. The first-order valence-electron chi connectivity index (χ1n) is 5.58. The summed E-state index contributed by atoms with van der Waals surface area (Å²) in [6.45, 7) is 2.03. The molecule has 2 aromatic heterocycles. The molecule has 92 valence electrons. The molecule has 0 atom stereocenters. The van der Waals surface area contributed by atoms with Crippen molar-refractivity contribution in [1.82, 2.24) is 20.6 Å². The van der Waals surface area contributed by atoms with Gasteiger partial charge in [0.05, 0.1) is 5.39 Å². The molecule has 3 aromatic rings. The summed E-state index contributed by atoms with van der Waals surface area (Å²) in [5.74, 6) is 0.243. The second kappa shape index (κ2) is 5.64. The van der Waals surface area contributed by atoms with Crippen molar-refractivity contribution in [2.75, 3.05) is 0 Å². The van der Waals surface area contributed by atoms with Crippen LogP contribution in [0.1, 0.15) is 13.9 Å². The average Bonchev–Trinajstić information content (AvgIpc) is 2.93. The molecule has 0 spiro atoms. The maximum Gasteiger partial charge on any atom is 1.00 e. The Kier molecular flexibility index (Phi) is 4.14. The minimum Gasteiger partial charge on any atom is -1.00 e. The van der Waals surface area contributed by atoms with Gasteiger partial charge in [0, 0.05) is 0 Å². The molecule has 6 nitrogen and oxygen atoms in total. The Labute approximate surface area is 132 Å². The normalized spacial score (nSPS) is 10.4. The second-order valence-corrected chi connectivity index (χ2v) is 3.90. The third-order valence-electron chi connectivity index (χ3n) is 2.83. The van der Waals surface area contributed by atoms with E-state index in [9.17, 15) is 4.79 Å². The quantitative estimate of drug-likeness (QED) is 0.580. The molecule has 2 heterocycles. The van der Waals surface area contributed by atoms with E-state index >= 15 is 0 Å². The van der Waals surface area contributed by atoms with E-state index in [1.165, 1.54) is 6.26 Å². The Bertz CT molecular complexity index is 758. The van der Waals surface area contributed by atoms with E-state index in [1.807, 2.05) is 19.1 Å². The van der Waals surface area contributed by atoms with E-state index in [-0.39, 0.29) is 42.2 Å². The van der Waals surface area contributed by atoms with Crippen LogP contribution in [0, 0.1) is 0 Å². The monoisotopic (exact) mass is 266 g/mol. The second-order valence-electron chi connectivity index (χ2n) is 3.90. The molecular weight excluding hydrogens is 255 g/mol. The molecule has 1 N–H and O–H groups in total. The van der Waals surface area contributed by atoms with E-state index in [0.717, 1.165) is 12.0 Å². The van der Waals surface area contributed by atoms with Gasteiger partial charge >= 0.3 is 29.6 Å². The molecule has 3 rings (SSSR count). The zero-order valence-electron chi connectivity index (χ0n) is 11.7.